The van der Waals surface area contributed by atoms with Gasteiger partial charge in [0.1, 0.15) is 5.69 Å². The first-order valence-corrected chi connectivity index (χ1v) is 6.33. The Morgan fingerprint density at radius 1 is 1.15 bits per heavy atom. The number of hydrogen-bond acceptors (Lipinski definition) is 4. The molecule has 0 amide bonds. The predicted octanol–water partition coefficient (Wildman–Crippen LogP) is 3.82. The fourth-order valence-electron chi connectivity index (χ4n) is 1.83. The Morgan fingerprint density at radius 3 is 2.45 bits per heavy atom. The molecule has 1 N–H and O–H groups in total. The molecule has 0 heterocycles. The van der Waals surface area contributed by atoms with E-state index in [0.717, 1.165) is 17.7 Å². The van der Waals surface area contributed by atoms with Crippen LogP contribution in [0.25, 0.3) is 0 Å². The normalized spacial score (nSPS) is 11.2. The van der Waals surface area contributed by atoms with Gasteiger partial charge in [-0.2, -0.15) is 5.10 Å². The number of anilines is 1. The Bertz CT molecular complexity index is 624. The molecule has 0 bridgehead atoms. The smallest absolute Gasteiger partial charge is 0.271 e. The molecule has 0 fully saturated rings. The second-order valence-corrected chi connectivity index (χ2v) is 4.16. The summed E-state index contributed by atoms with van der Waals surface area (Å²) >= 11 is 0. The van der Waals surface area contributed by atoms with E-state index in [9.17, 15) is 10.1 Å². The van der Waals surface area contributed by atoms with Crippen LogP contribution >= 0.6 is 0 Å². The third kappa shape index (κ3) is 3.20. The fraction of sp³-hybridized carbons (Fsp3) is 0.133. The maximum absolute atomic E-state index is 10.9. The molecule has 0 aliphatic heterocycles. The summed E-state index contributed by atoms with van der Waals surface area (Å²) in [6.07, 6.45) is 0.734. The van der Waals surface area contributed by atoms with Crippen LogP contribution in [0.5, 0.6) is 0 Å². The zero-order chi connectivity index (χ0) is 14.4. The average Bonchev–Trinajstić information content (AvgIpc) is 2.49. The van der Waals surface area contributed by atoms with Crippen LogP contribution in [0.1, 0.15) is 18.9 Å². The van der Waals surface area contributed by atoms with E-state index in [4.69, 9.17) is 0 Å². The number of nitro benzene ring substituents is 1. The summed E-state index contributed by atoms with van der Waals surface area (Å²) in [5, 5.41) is 15.2. The van der Waals surface area contributed by atoms with Crippen LogP contribution in [0, 0.1) is 10.1 Å². The van der Waals surface area contributed by atoms with Gasteiger partial charge in [-0.05, 0) is 18.1 Å². The Kier molecular flexibility index (Phi) is 4.44. The van der Waals surface area contributed by atoms with Crippen LogP contribution in [0.3, 0.4) is 0 Å². The lowest BCUT2D eigenvalue weighted by Gasteiger charge is -2.06. The largest absolute Gasteiger partial charge is 0.294 e. The summed E-state index contributed by atoms with van der Waals surface area (Å²) in [5.41, 5.74) is 5.04. The molecule has 0 aliphatic rings. The minimum absolute atomic E-state index is 0.0137. The third-order valence-electron chi connectivity index (χ3n) is 2.85. The Labute approximate surface area is 117 Å². The van der Waals surface area contributed by atoms with E-state index in [1.165, 1.54) is 6.07 Å². The fourth-order valence-corrected chi connectivity index (χ4v) is 1.83. The Hall–Kier alpha value is -2.69. The molecule has 0 aromatic heterocycles. The maximum Gasteiger partial charge on any atom is 0.294 e. The van der Waals surface area contributed by atoms with Crippen LogP contribution in [0.4, 0.5) is 11.4 Å². The topological polar surface area (TPSA) is 67.5 Å². The number of para-hydroxylation sites is 2. The summed E-state index contributed by atoms with van der Waals surface area (Å²) in [7, 11) is 0. The highest BCUT2D eigenvalue weighted by molar-refractivity contribution is 6.00. The van der Waals surface area contributed by atoms with Crippen molar-refractivity contribution in [2.24, 2.45) is 5.10 Å². The number of nitrogens with one attached hydrogen (secondary N) is 1. The second-order valence-electron chi connectivity index (χ2n) is 4.16. The van der Waals surface area contributed by atoms with Crippen LogP contribution in [-0.4, -0.2) is 10.6 Å². The highest BCUT2D eigenvalue weighted by atomic mass is 16.6. The quantitative estimate of drug-likeness (QED) is 0.509. The van der Waals surface area contributed by atoms with Gasteiger partial charge >= 0.3 is 0 Å². The molecule has 0 saturated heterocycles. The second kappa shape index (κ2) is 6.47. The molecule has 0 unspecified atom stereocenters. The van der Waals surface area contributed by atoms with E-state index in [2.05, 4.69) is 10.5 Å². The zero-order valence-corrected chi connectivity index (χ0v) is 11.1. The van der Waals surface area contributed by atoms with Crippen LogP contribution in [0.2, 0.25) is 0 Å². The third-order valence-corrected chi connectivity index (χ3v) is 2.85. The molecule has 5 heteroatoms. The van der Waals surface area contributed by atoms with Crippen molar-refractivity contribution in [3.05, 3.63) is 70.3 Å². The maximum atomic E-state index is 10.9. The SMILES string of the molecule is CC/C(=N\Nc1ccccc1[N+](=O)[O-])c1ccccc1. The molecular weight excluding hydrogens is 254 g/mol. The van der Waals surface area contributed by atoms with Gasteiger partial charge in [0.15, 0.2) is 0 Å². The van der Waals surface area contributed by atoms with Gasteiger partial charge in [0.25, 0.3) is 5.69 Å². The predicted molar refractivity (Wildman–Crippen MR) is 80.0 cm³/mol. The monoisotopic (exact) mass is 269 g/mol. The number of hydrogen-bond donors (Lipinski definition) is 1. The molecule has 0 aliphatic carbocycles. The number of nitrogens with zero attached hydrogens (tertiary/aromatic N) is 2. The molecular formula is C15H15N3O2. The van der Waals surface area contributed by atoms with E-state index in [1.54, 1.807) is 18.2 Å². The van der Waals surface area contributed by atoms with E-state index < -0.39 is 4.92 Å². The van der Waals surface area contributed by atoms with Crippen LogP contribution in [0.15, 0.2) is 59.7 Å². The van der Waals surface area contributed by atoms with Gasteiger partial charge in [-0.15, -0.1) is 0 Å². The Morgan fingerprint density at radius 2 is 1.80 bits per heavy atom. The van der Waals surface area contributed by atoms with Crippen molar-refractivity contribution >= 4 is 17.1 Å². The van der Waals surface area contributed by atoms with Crippen molar-refractivity contribution in [2.75, 3.05) is 5.43 Å². The molecule has 20 heavy (non-hydrogen) atoms. The van der Waals surface area contributed by atoms with E-state index in [1.807, 2.05) is 37.3 Å². The minimum atomic E-state index is -0.425. The molecule has 5 nitrogen and oxygen atoms in total. The minimum Gasteiger partial charge on any atom is -0.271 e. The van der Waals surface area contributed by atoms with Gasteiger partial charge in [0.2, 0.25) is 0 Å². The standard InChI is InChI=1S/C15H15N3O2/c1-2-13(12-8-4-3-5-9-12)16-17-14-10-6-7-11-15(14)18(19)20/h3-11,17H,2H2,1H3/b16-13+. The highest BCUT2D eigenvalue weighted by Gasteiger charge is 2.11. The molecule has 0 spiro atoms. The van der Waals surface area contributed by atoms with Crippen molar-refractivity contribution in [1.82, 2.24) is 0 Å². The van der Waals surface area contributed by atoms with Gasteiger partial charge in [-0.3, -0.25) is 15.5 Å². The van der Waals surface area contributed by atoms with Crippen molar-refractivity contribution in [2.45, 2.75) is 13.3 Å². The molecule has 2 aromatic carbocycles. The van der Waals surface area contributed by atoms with Gasteiger partial charge < -0.3 is 0 Å². The molecule has 2 aromatic rings. The van der Waals surface area contributed by atoms with Crippen molar-refractivity contribution in [3.8, 4) is 0 Å². The van der Waals surface area contributed by atoms with E-state index in [-0.39, 0.29) is 5.69 Å². The van der Waals surface area contributed by atoms with Crippen molar-refractivity contribution in [1.29, 1.82) is 0 Å². The summed E-state index contributed by atoms with van der Waals surface area (Å²) in [6, 6.07) is 16.2. The summed E-state index contributed by atoms with van der Waals surface area (Å²) in [5.74, 6) is 0. The van der Waals surface area contributed by atoms with Gasteiger partial charge in [-0.25, -0.2) is 0 Å². The molecule has 102 valence electrons. The van der Waals surface area contributed by atoms with E-state index >= 15 is 0 Å². The molecule has 2 rings (SSSR count). The summed E-state index contributed by atoms with van der Waals surface area (Å²) in [6.45, 7) is 1.99. The van der Waals surface area contributed by atoms with Gasteiger partial charge in [0, 0.05) is 6.07 Å². The lowest BCUT2D eigenvalue weighted by atomic mass is 10.1. The molecule has 0 atom stereocenters. The van der Waals surface area contributed by atoms with Crippen molar-refractivity contribution < 1.29 is 4.92 Å². The first-order chi connectivity index (χ1) is 9.72. The number of rotatable bonds is 5. The first-order valence-electron chi connectivity index (χ1n) is 6.33. The lowest BCUT2D eigenvalue weighted by Crippen LogP contribution is -2.04. The first kappa shape index (κ1) is 13.7. The zero-order valence-electron chi connectivity index (χ0n) is 11.1. The molecule has 0 saturated carbocycles. The van der Waals surface area contributed by atoms with Gasteiger partial charge in [-0.1, -0.05) is 49.4 Å². The number of benzene rings is 2. The van der Waals surface area contributed by atoms with Crippen molar-refractivity contribution in [3.63, 3.8) is 0 Å². The average molecular weight is 269 g/mol. The highest BCUT2D eigenvalue weighted by Crippen LogP contribution is 2.23. The van der Waals surface area contributed by atoms with E-state index in [0.29, 0.717) is 5.69 Å². The lowest BCUT2D eigenvalue weighted by molar-refractivity contribution is -0.384. The summed E-state index contributed by atoms with van der Waals surface area (Å²) < 4.78 is 0. The van der Waals surface area contributed by atoms with Crippen LogP contribution < -0.4 is 5.43 Å². The van der Waals surface area contributed by atoms with Crippen LogP contribution in [-0.2, 0) is 0 Å². The number of hydrazone groups is 1. The summed E-state index contributed by atoms with van der Waals surface area (Å²) in [4.78, 5) is 10.5. The number of nitro groups is 1. The van der Waals surface area contributed by atoms with Gasteiger partial charge in [0.05, 0.1) is 10.6 Å². The molecule has 0 radical (unpaired) electrons. The Balaban J connectivity index is 2.26.